The zero-order valence-corrected chi connectivity index (χ0v) is 10.7. The first-order valence-electron chi connectivity index (χ1n) is 6.19. The van der Waals surface area contributed by atoms with Crippen molar-refractivity contribution in [3.8, 4) is 0 Å². The smallest absolute Gasteiger partial charge is 0.141 e. The van der Waals surface area contributed by atoms with E-state index in [1.807, 2.05) is 0 Å². The highest BCUT2D eigenvalue weighted by Crippen LogP contribution is 2.33. The lowest BCUT2D eigenvalue weighted by Crippen LogP contribution is -2.02. The minimum Gasteiger partial charge on any atom is -0.458 e. The van der Waals surface area contributed by atoms with Gasteiger partial charge in [0.1, 0.15) is 29.1 Å². The van der Waals surface area contributed by atoms with Gasteiger partial charge >= 0.3 is 0 Å². The Morgan fingerprint density at radius 1 is 1.10 bits per heavy atom. The van der Waals surface area contributed by atoms with Gasteiger partial charge in [-0.05, 0) is 31.2 Å². The van der Waals surface area contributed by atoms with E-state index in [1.165, 1.54) is 30.3 Å². The monoisotopic (exact) mass is 274 g/mol. The maximum absolute atomic E-state index is 13.7. The minimum atomic E-state index is -1.22. The van der Waals surface area contributed by atoms with E-state index < -0.39 is 11.9 Å². The van der Waals surface area contributed by atoms with Crippen LogP contribution in [0.5, 0.6) is 0 Å². The van der Waals surface area contributed by atoms with Crippen molar-refractivity contribution in [3.05, 3.63) is 71.0 Å². The number of fused-ring (bicyclic) bond motifs is 1. The molecule has 0 radical (unpaired) electrons. The molecule has 3 rings (SSSR count). The molecule has 20 heavy (non-hydrogen) atoms. The standard InChI is InChI=1S/C16H12F2O2/c1-9-12-8-10(17)6-7-14(12)20-16(9)15(19)11-4-2-3-5-13(11)18/h2-8,15,19H,1H3. The lowest BCUT2D eigenvalue weighted by Gasteiger charge is -2.10. The van der Waals surface area contributed by atoms with Crippen LogP contribution in [0.4, 0.5) is 8.78 Å². The molecule has 0 fully saturated rings. The second-order valence-corrected chi connectivity index (χ2v) is 4.66. The largest absolute Gasteiger partial charge is 0.458 e. The summed E-state index contributed by atoms with van der Waals surface area (Å²) in [6.07, 6.45) is -1.22. The van der Waals surface area contributed by atoms with Crippen molar-refractivity contribution in [2.24, 2.45) is 0 Å². The van der Waals surface area contributed by atoms with Crippen LogP contribution in [0.2, 0.25) is 0 Å². The summed E-state index contributed by atoms with van der Waals surface area (Å²) in [6.45, 7) is 1.71. The third-order valence-electron chi connectivity index (χ3n) is 3.38. The predicted octanol–water partition coefficient (Wildman–Crippen LogP) is 4.10. The van der Waals surface area contributed by atoms with Gasteiger partial charge in [-0.2, -0.15) is 0 Å². The molecule has 1 atom stereocenters. The lowest BCUT2D eigenvalue weighted by molar-refractivity contribution is 0.186. The van der Waals surface area contributed by atoms with Crippen LogP contribution in [-0.4, -0.2) is 5.11 Å². The molecule has 0 spiro atoms. The Hall–Kier alpha value is -2.20. The fourth-order valence-corrected chi connectivity index (χ4v) is 2.31. The van der Waals surface area contributed by atoms with Crippen LogP contribution in [0.3, 0.4) is 0 Å². The van der Waals surface area contributed by atoms with Crippen LogP contribution in [-0.2, 0) is 0 Å². The summed E-state index contributed by atoms with van der Waals surface area (Å²) >= 11 is 0. The maximum atomic E-state index is 13.7. The Morgan fingerprint density at radius 2 is 1.85 bits per heavy atom. The zero-order chi connectivity index (χ0) is 14.3. The van der Waals surface area contributed by atoms with Crippen LogP contribution < -0.4 is 0 Å². The van der Waals surface area contributed by atoms with Crippen molar-refractivity contribution in [2.75, 3.05) is 0 Å². The maximum Gasteiger partial charge on any atom is 0.141 e. The summed E-state index contributed by atoms with van der Waals surface area (Å²) in [7, 11) is 0. The molecule has 4 heteroatoms. The molecule has 1 N–H and O–H groups in total. The van der Waals surface area contributed by atoms with E-state index in [4.69, 9.17) is 4.42 Å². The zero-order valence-electron chi connectivity index (χ0n) is 10.7. The fraction of sp³-hybridized carbons (Fsp3) is 0.125. The summed E-state index contributed by atoms with van der Waals surface area (Å²) < 4.78 is 32.5. The van der Waals surface area contributed by atoms with E-state index in [0.29, 0.717) is 16.5 Å². The average molecular weight is 274 g/mol. The first kappa shape index (κ1) is 12.8. The van der Waals surface area contributed by atoms with Gasteiger partial charge in [0, 0.05) is 16.5 Å². The number of halogens is 2. The Kier molecular flexibility index (Phi) is 3.03. The van der Waals surface area contributed by atoms with Gasteiger partial charge in [-0.15, -0.1) is 0 Å². The van der Waals surface area contributed by atoms with E-state index in [2.05, 4.69) is 0 Å². The third kappa shape index (κ3) is 1.98. The summed E-state index contributed by atoms with van der Waals surface area (Å²) in [5.41, 5.74) is 1.21. The van der Waals surface area contributed by atoms with Crippen LogP contribution >= 0.6 is 0 Å². The summed E-state index contributed by atoms with van der Waals surface area (Å²) in [6, 6.07) is 10.1. The minimum absolute atomic E-state index is 0.134. The van der Waals surface area contributed by atoms with Crippen molar-refractivity contribution in [1.82, 2.24) is 0 Å². The highest BCUT2D eigenvalue weighted by molar-refractivity contribution is 5.82. The molecule has 0 aliphatic heterocycles. The van der Waals surface area contributed by atoms with E-state index in [0.717, 1.165) is 0 Å². The van der Waals surface area contributed by atoms with Gasteiger partial charge in [0.15, 0.2) is 0 Å². The van der Waals surface area contributed by atoms with Gasteiger partial charge in [0.25, 0.3) is 0 Å². The summed E-state index contributed by atoms with van der Waals surface area (Å²) in [4.78, 5) is 0. The van der Waals surface area contributed by atoms with Crippen LogP contribution in [0.1, 0.15) is 23.0 Å². The summed E-state index contributed by atoms with van der Waals surface area (Å²) in [5.74, 6) is -0.657. The van der Waals surface area contributed by atoms with Gasteiger partial charge in [-0.3, -0.25) is 0 Å². The number of aliphatic hydroxyl groups excluding tert-OH is 1. The topological polar surface area (TPSA) is 33.4 Å². The van der Waals surface area contributed by atoms with Gasteiger partial charge < -0.3 is 9.52 Å². The first-order chi connectivity index (χ1) is 9.58. The van der Waals surface area contributed by atoms with E-state index in [1.54, 1.807) is 19.1 Å². The van der Waals surface area contributed by atoms with Crippen molar-refractivity contribution < 1.29 is 18.3 Å². The van der Waals surface area contributed by atoms with Gasteiger partial charge in [0.05, 0.1) is 0 Å². The number of rotatable bonds is 2. The van der Waals surface area contributed by atoms with Crippen LogP contribution in [0.25, 0.3) is 11.0 Å². The second-order valence-electron chi connectivity index (χ2n) is 4.66. The van der Waals surface area contributed by atoms with Gasteiger partial charge in [-0.1, -0.05) is 18.2 Å². The van der Waals surface area contributed by atoms with Crippen molar-refractivity contribution in [3.63, 3.8) is 0 Å². The molecule has 0 saturated carbocycles. The quantitative estimate of drug-likeness (QED) is 0.763. The molecule has 2 aromatic carbocycles. The SMILES string of the molecule is Cc1c(C(O)c2ccccc2F)oc2ccc(F)cc12. The molecule has 1 heterocycles. The van der Waals surface area contributed by atoms with E-state index in [9.17, 15) is 13.9 Å². The Morgan fingerprint density at radius 3 is 2.60 bits per heavy atom. The Bertz CT molecular complexity index is 777. The molecular weight excluding hydrogens is 262 g/mol. The molecule has 0 aliphatic carbocycles. The third-order valence-corrected chi connectivity index (χ3v) is 3.38. The Balaban J connectivity index is 2.15. The number of benzene rings is 2. The average Bonchev–Trinajstić information content (AvgIpc) is 2.76. The molecule has 0 aliphatic rings. The van der Waals surface area contributed by atoms with E-state index >= 15 is 0 Å². The normalized spacial score (nSPS) is 12.8. The van der Waals surface area contributed by atoms with Crippen LogP contribution in [0.15, 0.2) is 46.9 Å². The molecule has 3 aromatic rings. The van der Waals surface area contributed by atoms with Crippen LogP contribution in [0, 0.1) is 18.6 Å². The fourth-order valence-electron chi connectivity index (χ4n) is 2.31. The molecular formula is C16H12F2O2. The Labute approximate surface area is 114 Å². The van der Waals surface area contributed by atoms with Gasteiger partial charge in [0.2, 0.25) is 0 Å². The number of aryl methyl sites for hydroxylation is 1. The van der Waals surface area contributed by atoms with Crippen molar-refractivity contribution in [2.45, 2.75) is 13.0 Å². The van der Waals surface area contributed by atoms with Crippen molar-refractivity contribution >= 4 is 11.0 Å². The lowest BCUT2D eigenvalue weighted by atomic mass is 10.0. The predicted molar refractivity (Wildman–Crippen MR) is 71.4 cm³/mol. The number of aliphatic hydroxyl groups is 1. The second kappa shape index (κ2) is 4.72. The molecule has 0 saturated heterocycles. The highest BCUT2D eigenvalue weighted by atomic mass is 19.1. The first-order valence-corrected chi connectivity index (χ1v) is 6.19. The molecule has 0 amide bonds. The molecule has 1 aromatic heterocycles. The van der Waals surface area contributed by atoms with E-state index in [-0.39, 0.29) is 17.1 Å². The van der Waals surface area contributed by atoms with Crippen molar-refractivity contribution in [1.29, 1.82) is 0 Å². The highest BCUT2D eigenvalue weighted by Gasteiger charge is 2.22. The number of hydrogen-bond acceptors (Lipinski definition) is 2. The number of hydrogen-bond donors (Lipinski definition) is 1. The molecule has 2 nitrogen and oxygen atoms in total. The summed E-state index contributed by atoms with van der Waals surface area (Å²) in [5, 5.41) is 10.9. The molecule has 0 bridgehead atoms. The number of furan rings is 1. The molecule has 102 valence electrons. The molecule has 1 unspecified atom stereocenters. The van der Waals surface area contributed by atoms with Gasteiger partial charge in [-0.25, -0.2) is 8.78 Å².